The third-order valence-corrected chi connectivity index (χ3v) is 3.06. The van der Waals surface area contributed by atoms with E-state index in [0.29, 0.717) is 11.4 Å². The smallest absolute Gasteiger partial charge is 0.256 e. The van der Waals surface area contributed by atoms with Crippen molar-refractivity contribution in [3.8, 4) is 0 Å². The van der Waals surface area contributed by atoms with Gasteiger partial charge in [-0.05, 0) is 37.6 Å². The Labute approximate surface area is 124 Å². The maximum Gasteiger partial charge on any atom is 0.256 e. The first kappa shape index (κ1) is 15.0. The number of carbonyl (C=O) groups excluding carboxylic acids is 1. The quantitative estimate of drug-likeness (QED) is 0.799. The van der Waals surface area contributed by atoms with Gasteiger partial charge in [0, 0.05) is 12.1 Å². The molecule has 0 fully saturated rings. The zero-order valence-corrected chi connectivity index (χ0v) is 12.4. The topological polar surface area (TPSA) is 66.9 Å². The largest absolute Gasteiger partial charge is 0.369 e. The molecule has 0 aliphatic carbocycles. The number of unbranched alkanes of at least 4 members (excludes halogenated alkanes) is 1. The Morgan fingerprint density at radius 2 is 1.71 bits per heavy atom. The first-order valence-corrected chi connectivity index (χ1v) is 7.14. The number of hydrogen-bond acceptors (Lipinski definition) is 4. The monoisotopic (exact) mass is 284 g/mol. The number of nitrogens with zero attached hydrogens (tertiary/aromatic N) is 2. The van der Waals surface area contributed by atoms with Gasteiger partial charge in [0.15, 0.2) is 5.82 Å². The van der Waals surface area contributed by atoms with E-state index in [1.54, 1.807) is 18.2 Å². The molecule has 0 saturated heterocycles. The molecule has 0 bridgehead atoms. The SMILES string of the molecule is CCCCNc1ccc(NC(=O)c2ccc(C)cc2)nn1. The molecule has 0 atom stereocenters. The molecule has 110 valence electrons. The average Bonchev–Trinajstić information content (AvgIpc) is 2.50. The Hall–Kier alpha value is -2.43. The summed E-state index contributed by atoms with van der Waals surface area (Å²) < 4.78 is 0. The fourth-order valence-electron chi connectivity index (χ4n) is 1.78. The minimum Gasteiger partial charge on any atom is -0.369 e. The summed E-state index contributed by atoms with van der Waals surface area (Å²) in [7, 11) is 0. The van der Waals surface area contributed by atoms with E-state index < -0.39 is 0 Å². The molecule has 0 radical (unpaired) electrons. The minimum absolute atomic E-state index is 0.184. The van der Waals surface area contributed by atoms with E-state index in [9.17, 15) is 4.79 Å². The van der Waals surface area contributed by atoms with Crippen molar-refractivity contribution >= 4 is 17.5 Å². The molecule has 5 nitrogen and oxygen atoms in total. The predicted molar refractivity (Wildman–Crippen MR) is 84.6 cm³/mol. The molecule has 2 aromatic rings. The second-order valence-corrected chi connectivity index (χ2v) is 4.90. The number of aromatic nitrogens is 2. The number of benzene rings is 1. The molecule has 1 aromatic heterocycles. The van der Waals surface area contributed by atoms with Gasteiger partial charge in [-0.15, -0.1) is 10.2 Å². The zero-order valence-electron chi connectivity index (χ0n) is 12.4. The summed E-state index contributed by atoms with van der Waals surface area (Å²) >= 11 is 0. The zero-order chi connectivity index (χ0) is 15.1. The molecule has 1 heterocycles. The number of aryl methyl sites for hydroxylation is 1. The second kappa shape index (κ2) is 7.38. The van der Waals surface area contributed by atoms with Gasteiger partial charge in [-0.3, -0.25) is 4.79 Å². The number of carbonyl (C=O) groups is 1. The van der Waals surface area contributed by atoms with E-state index in [0.717, 1.165) is 30.8 Å². The summed E-state index contributed by atoms with van der Waals surface area (Å²) in [5, 5.41) is 13.9. The third kappa shape index (κ3) is 4.56. The highest BCUT2D eigenvalue weighted by Crippen LogP contribution is 2.09. The summed E-state index contributed by atoms with van der Waals surface area (Å²) in [5.74, 6) is 0.981. The fourth-order valence-corrected chi connectivity index (χ4v) is 1.78. The molecule has 0 spiro atoms. The van der Waals surface area contributed by atoms with Crippen LogP contribution in [0.15, 0.2) is 36.4 Å². The van der Waals surface area contributed by atoms with Crippen molar-refractivity contribution in [2.75, 3.05) is 17.2 Å². The molecule has 0 saturated carbocycles. The first-order chi connectivity index (χ1) is 10.2. The molecular weight excluding hydrogens is 264 g/mol. The standard InChI is InChI=1S/C16H20N4O/c1-3-4-11-17-14-9-10-15(20-19-14)18-16(21)13-7-5-12(2)6-8-13/h5-10H,3-4,11H2,1-2H3,(H,17,19)(H,18,20,21). The van der Waals surface area contributed by atoms with Gasteiger partial charge >= 0.3 is 0 Å². The van der Waals surface area contributed by atoms with Gasteiger partial charge in [-0.1, -0.05) is 31.0 Å². The number of amides is 1. The number of hydrogen-bond donors (Lipinski definition) is 2. The second-order valence-electron chi connectivity index (χ2n) is 4.90. The lowest BCUT2D eigenvalue weighted by Crippen LogP contribution is -2.13. The Balaban J connectivity index is 1.93. The van der Waals surface area contributed by atoms with Crippen LogP contribution >= 0.6 is 0 Å². The molecule has 21 heavy (non-hydrogen) atoms. The highest BCUT2D eigenvalue weighted by Gasteiger charge is 2.06. The van der Waals surface area contributed by atoms with Crippen LogP contribution in [0.4, 0.5) is 11.6 Å². The molecule has 0 aliphatic rings. The summed E-state index contributed by atoms with van der Waals surface area (Å²) in [6, 6.07) is 10.9. The summed E-state index contributed by atoms with van der Waals surface area (Å²) in [5.41, 5.74) is 1.72. The predicted octanol–water partition coefficient (Wildman–Crippen LogP) is 3.25. The summed E-state index contributed by atoms with van der Waals surface area (Å²) in [6.07, 6.45) is 2.22. The molecule has 2 N–H and O–H groups in total. The van der Waals surface area contributed by atoms with Crippen LogP contribution in [-0.4, -0.2) is 22.6 Å². The van der Waals surface area contributed by atoms with Gasteiger partial charge in [0.25, 0.3) is 5.91 Å². The van der Waals surface area contributed by atoms with Crippen molar-refractivity contribution in [2.24, 2.45) is 0 Å². The van der Waals surface area contributed by atoms with Crippen LogP contribution in [0, 0.1) is 6.92 Å². The molecule has 0 unspecified atom stereocenters. The van der Waals surface area contributed by atoms with Crippen LogP contribution < -0.4 is 10.6 Å². The van der Waals surface area contributed by atoms with Gasteiger partial charge in [0.05, 0.1) is 0 Å². The van der Waals surface area contributed by atoms with E-state index in [1.807, 2.05) is 25.1 Å². The maximum absolute atomic E-state index is 12.0. The van der Waals surface area contributed by atoms with Crippen LogP contribution in [0.25, 0.3) is 0 Å². The van der Waals surface area contributed by atoms with Crippen molar-refractivity contribution in [1.29, 1.82) is 0 Å². The van der Waals surface area contributed by atoms with Crippen LogP contribution in [0.2, 0.25) is 0 Å². The lowest BCUT2D eigenvalue weighted by molar-refractivity contribution is 0.102. The summed E-state index contributed by atoms with van der Waals surface area (Å²) in [4.78, 5) is 12.0. The van der Waals surface area contributed by atoms with Crippen molar-refractivity contribution < 1.29 is 4.79 Å². The van der Waals surface area contributed by atoms with Gasteiger partial charge in [0.2, 0.25) is 0 Å². The van der Waals surface area contributed by atoms with Crippen molar-refractivity contribution in [2.45, 2.75) is 26.7 Å². The van der Waals surface area contributed by atoms with Crippen molar-refractivity contribution in [3.63, 3.8) is 0 Å². The number of nitrogens with one attached hydrogen (secondary N) is 2. The normalized spacial score (nSPS) is 10.2. The Morgan fingerprint density at radius 1 is 1.05 bits per heavy atom. The number of anilines is 2. The first-order valence-electron chi connectivity index (χ1n) is 7.14. The van der Waals surface area contributed by atoms with Crippen LogP contribution in [0.1, 0.15) is 35.7 Å². The highest BCUT2D eigenvalue weighted by molar-refractivity contribution is 6.03. The third-order valence-electron chi connectivity index (χ3n) is 3.06. The van der Waals surface area contributed by atoms with Crippen LogP contribution in [-0.2, 0) is 0 Å². The summed E-state index contributed by atoms with van der Waals surface area (Å²) in [6.45, 7) is 4.99. The van der Waals surface area contributed by atoms with E-state index >= 15 is 0 Å². The average molecular weight is 284 g/mol. The lowest BCUT2D eigenvalue weighted by atomic mass is 10.1. The fraction of sp³-hybridized carbons (Fsp3) is 0.312. The molecule has 1 aromatic carbocycles. The molecule has 0 aliphatic heterocycles. The Bertz CT molecular complexity index is 578. The van der Waals surface area contributed by atoms with Crippen molar-refractivity contribution in [1.82, 2.24) is 10.2 Å². The molecule has 1 amide bonds. The molecule has 2 rings (SSSR count). The highest BCUT2D eigenvalue weighted by atomic mass is 16.1. The Kier molecular flexibility index (Phi) is 5.26. The van der Waals surface area contributed by atoms with Crippen LogP contribution in [0.3, 0.4) is 0 Å². The van der Waals surface area contributed by atoms with Gasteiger partial charge < -0.3 is 10.6 Å². The van der Waals surface area contributed by atoms with E-state index in [2.05, 4.69) is 27.8 Å². The Morgan fingerprint density at radius 3 is 2.33 bits per heavy atom. The molecular formula is C16H20N4O. The minimum atomic E-state index is -0.184. The van der Waals surface area contributed by atoms with Crippen molar-refractivity contribution in [3.05, 3.63) is 47.5 Å². The lowest BCUT2D eigenvalue weighted by Gasteiger charge is -2.06. The van der Waals surface area contributed by atoms with E-state index in [-0.39, 0.29) is 5.91 Å². The van der Waals surface area contributed by atoms with Gasteiger partial charge in [0.1, 0.15) is 5.82 Å². The maximum atomic E-state index is 12.0. The van der Waals surface area contributed by atoms with Gasteiger partial charge in [-0.25, -0.2) is 0 Å². The van der Waals surface area contributed by atoms with E-state index in [4.69, 9.17) is 0 Å². The van der Waals surface area contributed by atoms with E-state index in [1.165, 1.54) is 0 Å². The number of rotatable bonds is 6. The van der Waals surface area contributed by atoms with Gasteiger partial charge in [-0.2, -0.15) is 0 Å². The molecule has 5 heteroatoms. The van der Waals surface area contributed by atoms with Crippen LogP contribution in [0.5, 0.6) is 0 Å².